The molecule has 0 amide bonds. The molecule has 0 atom stereocenters. The quantitative estimate of drug-likeness (QED) is 0.900. The molecule has 0 radical (unpaired) electrons. The van der Waals surface area contributed by atoms with Gasteiger partial charge in [-0.1, -0.05) is 17.7 Å². The maximum atomic E-state index is 6.22. The zero-order valence-electron chi connectivity index (χ0n) is 10.2. The number of aromatic nitrogens is 2. The van der Waals surface area contributed by atoms with Crippen LogP contribution in [0, 0.1) is 6.92 Å². The number of nitrogens with one attached hydrogen (secondary N) is 1. The first-order valence-corrected chi connectivity index (χ1v) is 6.02. The molecule has 2 aromatic rings. The van der Waals surface area contributed by atoms with Gasteiger partial charge >= 0.3 is 0 Å². The van der Waals surface area contributed by atoms with Gasteiger partial charge in [-0.05, 0) is 38.5 Å². The molecule has 3 nitrogen and oxygen atoms in total. The monoisotopic (exact) mass is 249 g/mol. The highest BCUT2D eigenvalue weighted by atomic mass is 35.5. The zero-order chi connectivity index (χ0) is 12.4. The van der Waals surface area contributed by atoms with Gasteiger partial charge in [0.15, 0.2) is 0 Å². The summed E-state index contributed by atoms with van der Waals surface area (Å²) in [5.74, 6) is 0.813. The van der Waals surface area contributed by atoms with Crippen LogP contribution in [0.25, 0.3) is 5.69 Å². The molecule has 0 spiro atoms. The van der Waals surface area contributed by atoms with Gasteiger partial charge in [-0.15, -0.1) is 0 Å². The molecule has 0 fully saturated rings. The Kier molecular flexibility index (Phi) is 3.38. The first-order valence-electron chi connectivity index (χ1n) is 5.64. The smallest absolute Gasteiger partial charge is 0.207 e. The summed E-state index contributed by atoms with van der Waals surface area (Å²) in [5.41, 5.74) is 2.13. The van der Waals surface area contributed by atoms with Crippen LogP contribution in [0.1, 0.15) is 19.4 Å². The Labute approximate surface area is 106 Å². The Balaban J connectivity index is 2.45. The van der Waals surface area contributed by atoms with Gasteiger partial charge in [0.1, 0.15) is 0 Å². The van der Waals surface area contributed by atoms with E-state index in [1.165, 1.54) is 5.56 Å². The summed E-state index contributed by atoms with van der Waals surface area (Å²) >= 11 is 6.22. The maximum Gasteiger partial charge on any atom is 0.207 e. The number of imidazole rings is 1. The number of benzene rings is 1. The van der Waals surface area contributed by atoms with Crippen LogP contribution in [0.5, 0.6) is 0 Å². The lowest BCUT2D eigenvalue weighted by atomic mass is 10.2. The molecule has 1 N–H and O–H groups in total. The second kappa shape index (κ2) is 4.80. The van der Waals surface area contributed by atoms with Crippen molar-refractivity contribution < 1.29 is 0 Å². The van der Waals surface area contributed by atoms with Crippen molar-refractivity contribution >= 4 is 17.5 Å². The van der Waals surface area contributed by atoms with Crippen molar-refractivity contribution in [1.29, 1.82) is 0 Å². The Bertz CT molecular complexity index is 517. The SMILES string of the molecule is Cc1ccc(Cl)c(-n2ccnc2NC(C)C)c1. The van der Waals surface area contributed by atoms with Crippen molar-refractivity contribution in [2.75, 3.05) is 5.32 Å². The van der Waals surface area contributed by atoms with E-state index >= 15 is 0 Å². The highest BCUT2D eigenvalue weighted by Gasteiger charge is 2.09. The van der Waals surface area contributed by atoms with E-state index in [0.29, 0.717) is 6.04 Å². The molecule has 17 heavy (non-hydrogen) atoms. The summed E-state index contributed by atoms with van der Waals surface area (Å²) in [6.07, 6.45) is 3.68. The lowest BCUT2D eigenvalue weighted by Crippen LogP contribution is -2.14. The normalized spacial score (nSPS) is 10.9. The zero-order valence-corrected chi connectivity index (χ0v) is 11.0. The largest absolute Gasteiger partial charge is 0.353 e. The van der Waals surface area contributed by atoms with E-state index in [1.54, 1.807) is 6.20 Å². The molecule has 1 aromatic heterocycles. The van der Waals surface area contributed by atoms with E-state index in [4.69, 9.17) is 11.6 Å². The van der Waals surface area contributed by atoms with Crippen LogP contribution in [0.2, 0.25) is 5.02 Å². The summed E-state index contributed by atoms with van der Waals surface area (Å²) in [6.45, 7) is 6.21. The highest BCUT2D eigenvalue weighted by molar-refractivity contribution is 6.32. The fourth-order valence-electron chi connectivity index (χ4n) is 1.67. The lowest BCUT2D eigenvalue weighted by molar-refractivity contribution is 0.864. The van der Waals surface area contributed by atoms with Crippen molar-refractivity contribution in [1.82, 2.24) is 9.55 Å². The molecular weight excluding hydrogens is 234 g/mol. The number of rotatable bonds is 3. The van der Waals surface area contributed by atoms with Gasteiger partial charge in [-0.2, -0.15) is 0 Å². The van der Waals surface area contributed by atoms with Gasteiger partial charge < -0.3 is 5.32 Å². The first-order chi connectivity index (χ1) is 8.08. The van der Waals surface area contributed by atoms with Crippen molar-refractivity contribution in [3.05, 3.63) is 41.2 Å². The first kappa shape index (κ1) is 12.0. The predicted molar refractivity (Wildman–Crippen MR) is 72.1 cm³/mol. The summed E-state index contributed by atoms with van der Waals surface area (Å²) < 4.78 is 1.97. The molecule has 0 saturated carbocycles. The number of halogens is 1. The van der Waals surface area contributed by atoms with Crippen LogP contribution in [0.15, 0.2) is 30.6 Å². The topological polar surface area (TPSA) is 29.9 Å². The van der Waals surface area contributed by atoms with E-state index in [2.05, 4.69) is 30.2 Å². The molecule has 0 aliphatic rings. The molecule has 1 heterocycles. The maximum absolute atomic E-state index is 6.22. The summed E-state index contributed by atoms with van der Waals surface area (Å²) in [7, 11) is 0. The number of nitrogens with zero attached hydrogens (tertiary/aromatic N) is 2. The number of hydrogen-bond donors (Lipinski definition) is 1. The average Bonchev–Trinajstić information content (AvgIpc) is 2.69. The standard InChI is InChI=1S/C13H16ClN3/c1-9(2)16-13-15-6-7-17(13)12-8-10(3)4-5-11(12)14/h4-9H,1-3H3,(H,15,16). The van der Waals surface area contributed by atoms with Gasteiger partial charge in [0, 0.05) is 18.4 Å². The molecule has 2 rings (SSSR count). The summed E-state index contributed by atoms with van der Waals surface area (Å²) in [4.78, 5) is 4.30. The minimum atomic E-state index is 0.333. The molecule has 4 heteroatoms. The fourth-order valence-corrected chi connectivity index (χ4v) is 1.88. The van der Waals surface area contributed by atoms with Gasteiger partial charge in [-0.3, -0.25) is 4.57 Å². The van der Waals surface area contributed by atoms with Crippen LogP contribution in [-0.4, -0.2) is 15.6 Å². The van der Waals surface area contributed by atoms with Crippen LogP contribution < -0.4 is 5.32 Å². The number of anilines is 1. The van der Waals surface area contributed by atoms with E-state index in [1.807, 2.05) is 29.8 Å². The van der Waals surface area contributed by atoms with Crippen LogP contribution in [0.3, 0.4) is 0 Å². The average molecular weight is 250 g/mol. The van der Waals surface area contributed by atoms with Gasteiger partial charge in [0.05, 0.1) is 10.7 Å². The molecule has 0 saturated heterocycles. The highest BCUT2D eigenvalue weighted by Crippen LogP contribution is 2.24. The lowest BCUT2D eigenvalue weighted by Gasteiger charge is -2.13. The summed E-state index contributed by atoms with van der Waals surface area (Å²) in [6, 6.07) is 6.29. The molecular formula is C13H16ClN3. The Morgan fingerprint density at radius 1 is 1.35 bits per heavy atom. The number of hydrogen-bond acceptors (Lipinski definition) is 2. The third-order valence-electron chi connectivity index (χ3n) is 2.42. The predicted octanol–water partition coefficient (Wildman–Crippen LogP) is 3.65. The molecule has 0 aliphatic carbocycles. The van der Waals surface area contributed by atoms with Crippen molar-refractivity contribution in [3.8, 4) is 5.69 Å². The Morgan fingerprint density at radius 3 is 2.82 bits per heavy atom. The second-order valence-corrected chi connectivity index (χ2v) is 4.78. The van der Waals surface area contributed by atoms with Crippen molar-refractivity contribution in [2.45, 2.75) is 26.8 Å². The minimum Gasteiger partial charge on any atom is -0.353 e. The fraction of sp³-hybridized carbons (Fsp3) is 0.308. The number of aryl methyl sites for hydroxylation is 1. The molecule has 0 aliphatic heterocycles. The van der Waals surface area contributed by atoms with Crippen LogP contribution in [-0.2, 0) is 0 Å². The van der Waals surface area contributed by atoms with Crippen molar-refractivity contribution in [2.24, 2.45) is 0 Å². The molecule has 1 aromatic carbocycles. The Hall–Kier alpha value is -1.48. The minimum absolute atomic E-state index is 0.333. The van der Waals surface area contributed by atoms with Crippen LogP contribution in [0.4, 0.5) is 5.95 Å². The Morgan fingerprint density at radius 2 is 2.12 bits per heavy atom. The van der Waals surface area contributed by atoms with E-state index < -0.39 is 0 Å². The van der Waals surface area contributed by atoms with E-state index in [0.717, 1.165) is 16.7 Å². The molecule has 0 bridgehead atoms. The van der Waals surface area contributed by atoms with Crippen LogP contribution >= 0.6 is 11.6 Å². The third kappa shape index (κ3) is 2.61. The molecule has 90 valence electrons. The van der Waals surface area contributed by atoms with E-state index in [9.17, 15) is 0 Å². The van der Waals surface area contributed by atoms with Gasteiger partial charge in [0.25, 0.3) is 0 Å². The second-order valence-electron chi connectivity index (χ2n) is 4.37. The van der Waals surface area contributed by atoms with Gasteiger partial charge in [-0.25, -0.2) is 4.98 Å². The van der Waals surface area contributed by atoms with Crippen molar-refractivity contribution in [3.63, 3.8) is 0 Å². The van der Waals surface area contributed by atoms with E-state index in [-0.39, 0.29) is 0 Å². The van der Waals surface area contributed by atoms with Gasteiger partial charge in [0.2, 0.25) is 5.95 Å². The molecule has 0 unspecified atom stereocenters. The summed E-state index contributed by atoms with van der Waals surface area (Å²) in [5, 5.41) is 4.01. The third-order valence-corrected chi connectivity index (χ3v) is 2.74.